The van der Waals surface area contributed by atoms with Crippen LogP contribution in [0.15, 0.2) is 30.9 Å². The number of anilines is 1. The first kappa shape index (κ1) is 25.0. The normalized spacial score (nSPS) is 22.7. The Bertz CT molecular complexity index is 1280. The zero-order chi connectivity index (χ0) is 26.6. The number of rotatable bonds is 3. The van der Waals surface area contributed by atoms with Gasteiger partial charge >= 0.3 is 0 Å². The molecule has 37 heavy (non-hydrogen) atoms. The Balaban J connectivity index is 1.70. The Morgan fingerprint density at radius 2 is 2.03 bits per heavy atom. The lowest BCUT2D eigenvalue weighted by atomic mass is 9.98. The number of hydrogen-bond acceptors (Lipinski definition) is 7. The van der Waals surface area contributed by atoms with Gasteiger partial charge in [0.1, 0.15) is 35.3 Å². The lowest BCUT2D eigenvalue weighted by Gasteiger charge is -2.40. The summed E-state index contributed by atoms with van der Waals surface area (Å²) in [6, 6.07) is 3.63. The van der Waals surface area contributed by atoms with Crippen LogP contribution in [-0.2, 0) is 4.79 Å². The summed E-state index contributed by atoms with van der Waals surface area (Å²) in [7, 11) is 0. The van der Waals surface area contributed by atoms with Gasteiger partial charge in [0.25, 0.3) is 5.91 Å². The van der Waals surface area contributed by atoms with E-state index < -0.39 is 23.5 Å². The van der Waals surface area contributed by atoms with Crippen LogP contribution >= 0.6 is 0 Å². The molecule has 0 radical (unpaired) electrons. The van der Waals surface area contributed by atoms with Crippen molar-refractivity contribution in [3.05, 3.63) is 47.8 Å². The van der Waals surface area contributed by atoms with E-state index >= 15 is 4.39 Å². The number of aliphatic hydroxyl groups excluding tert-OH is 1. The quantitative estimate of drug-likeness (QED) is 0.611. The molecule has 1 aromatic heterocycles. The summed E-state index contributed by atoms with van der Waals surface area (Å²) in [6.45, 7) is 10.5. The number of carbonyl (C=O) groups is 2. The summed E-state index contributed by atoms with van der Waals surface area (Å²) < 4.78 is 21.3. The third-order valence-electron chi connectivity index (χ3n) is 7.57. The second kappa shape index (κ2) is 9.02. The van der Waals surface area contributed by atoms with Crippen LogP contribution in [0.1, 0.15) is 36.2 Å². The van der Waals surface area contributed by atoms with Gasteiger partial charge in [-0.3, -0.25) is 9.59 Å². The third-order valence-corrected chi connectivity index (χ3v) is 7.57. The summed E-state index contributed by atoms with van der Waals surface area (Å²) in [6.07, 6.45) is 1.07. The minimum absolute atomic E-state index is 0.0811. The zero-order valence-corrected chi connectivity index (χ0v) is 21.2. The van der Waals surface area contributed by atoms with Crippen molar-refractivity contribution in [3.63, 3.8) is 0 Å². The Morgan fingerprint density at radius 1 is 1.27 bits per heavy atom. The van der Waals surface area contributed by atoms with Crippen molar-refractivity contribution in [2.75, 3.05) is 37.7 Å². The molecule has 3 aliphatic rings. The van der Waals surface area contributed by atoms with Gasteiger partial charge in [-0.25, -0.2) is 9.37 Å². The van der Waals surface area contributed by atoms with Crippen LogP contribution in [0.2, 0.25) is 0 Å². The molecule has 2 N–H and O–H groups in total. The number of hydrogen-bond donors (Lipinski definition) is 2. The van der Waals surface area contributed by atoms with Crippen molar-refractivity contribution in [2.45, 2.75) is 44.9 Å². The molecule has 2 saturated heterocycles. The fraction of sp³-hybridized carbons (Fsp3) is 0.444. The maximum absolute atomic E-state index is 15.0. The lowest BCUT2D eigenvalue weighted by Crippen LogP contribution is -2.57. The van der Waals surface area contributed by atoms with Gasteiger partial charge in [0.05, 0.1) is 23.4 Å². The van der Waals surface area contributed by atoms with Gasteiger partial charge < -0.3 is 29.6 Å². The van der Waals surface area contributed by atoms with Gasteiger partial charge in [0.2, 0.25) is 5.91 Å². The zero-order valence-electron chi connectivity index (χ0n) is 21.2. The van der Waals surface area contributed by atoms with Crippen LogP contribution in [0.4, 0.5) is 10.2 Å². The fourth-order valence-corrected chi connectivity index (χ4v) is 5.70. The second-order valence-corrected chi connectivity index (χ2v) is 10.5. The van der Waals surface area contributed by atoms with Gasteiger partial charge in [0.15, 0.2) is 0 Å². The highest BCUT2D eigenvalue weighted by Gasteiger charge is 2.45. The van der Waals surface area contributed by atoms with Crippen LogP contribution in [0, 0.1) is 12.7 Å². The first-order valence-corrected chi connectivity index (χ1v) is 12.4. The lowest BCUT2D eigenvalue weighted by molar-refractivity contribution is -0.128. The molecule has 0 bridgehead atoms. The monoisotopic (exact) mass is 510 g/mol. The molecule has 2 atom stereocenters. The van der Waals surface area contributed by atoms with Gasteiger partial charge in [-0.05, 0) is 45.4 Å². The highest BCUT2D eigenvalue weighted by molar-refractivity contribution is 6.04. The molecule has 2 fully saturated rings. The minimum Gasteiger partial charge on any atom is -0.507 e. The van der Waals surface area contributed by atoms with E-state index in [1.807, 2.05) is 18.7 Å². The summed E-state index contributed by atoms with van der Waals surface area (Å²) in [5, 5.41) is 21.1. The van der Waals surface area contributed by atoms with Gasteiger partial charge in [-0.15, -0.1) is 0 Å². The molecule has 2 amide bonds. The molecule has 4 heterocycles. The number of aromatic nitrogens is 1. The maximum atomic E-state index is 15.0. The number of phenols is 1. The van der Waals surface area contributed by atoms with Gasteiger partial charge in [-0.2, -0.15) is 0 Å². The summed E-state index contributed by atoms with van der Waals surface area (Å²) in [5.74, 6) is -0.903. The number of carbonyl (C=O) groups excluding carboxylic acids is 2. The topological polar surface area (TPSA) is 106 Å². The van der Waals surface area contributed by atoms with E-state index in [-0.39, 0.29) is 59.1 Å². The SMILES string of the molecule is C=CC(=O)N1CCN2C(=O)c3c(N4C[C@@H](O)CC4(C)C)nc(-c4c(O)cccc4F)c(C)c3OC[C@H]2C1. The number of benzene rings is 1. The number of fused-ring (bicyclic) bond motifs is 2. The van der Waals surface area contributed by atoms with E-state index in [9.17, 15) is 19.8 Å². The number of amides is 2. The van der Waals surface area contributed by atoms with Crippen molar-refractivity contribution in [1.29, 1.82) is 0 Å². The number of pyridine rings is 1. The number of halogens is 1. The highest BCUT2D eigenvalue weighted by Crippen LogP contribution is 2.45. The number of aromatic hydroxyl groups is 1. The maximum Gasteiger partial charge on any atom is 0.261 e. The molecular weight excluding hydrogens is 479 g/mol. The number of ether oxygens (including phenoxy) is 1. The summed E-state index contributed by atoms with van der Waals surface area (Å²) >= 11 is 0. The molecule has 10 heteroatoms. The number of phenolic OH excluding ortho intramolecular Hbond substituents is 1. The summed E-state index contributed by atoms with van der Waals surface area (Å²) in [4.78, 5) is 36.3. The molecule has 0 saturated carbocycles. The molecule has 5 rings (SSSR count). The molecule has 1 aromatic carbocycles. The number of nitrogens with zero attached hydrogens (tertiary/aromatic N) is 4. The molecule has 3 aliphatic heterocycles. The largest absolute Gasteiger partial charge is 0.507 e. The Labute approximate surface area is 214 Å². The van der Waals surface area contributed by atoms with E-state index in [0.29, 0.717) is 31.6 Å². The van der Waals surface area contributed by atoms with Crippen molar-refractivity contribution in [3.8, 4) is 22.8 Å². The van der Waals surface area contributed by atoms with E-state index in [1.54, 1.807) is 16.7 Å². The smallest absolute Gasteiger partial charge is 0.261 e. The molecular formula is C27H31FN4O5. The Kier molecular flexibility index (Phi) is 6.10. The number of aliphatic hydroxyl groups is 1. The first-order valence-electron chi connectivity index (χ1n) is 12.4. The first-order chi connectivity index (χ1) is 17.5. The number of piperazine rings is 1. The van der Waals surface area contributed by atoms with Crippen molar-refractivity contribution >= 4 is 17.6 Å². The minimum atomic E-state index is -0.654. The van der Waals surface area contributed by atoms with E-state index in [1.165, 1.54) is 24.3 Å². The predicted molar refractivity (Wildman–Crippen MR) is 135 cm³/mol. The molecule has 0 unspecified atom stereocenters. The molecule has 2 aromatic rings. The van der Waals surface area contributed by atoms with E-state index in [2.05, 4.69) is 6.58 Å². The van der Waals surface area contributed by atoms with Crippen LogP contribution in [0.5, 0.6) is 11.5 Å². The van der Waals surface area contributed by atoms with Crippen LogP contribution in [0.25, 0.3) is 11.3 Å². The molecule has 9 nitrogen and oxygen atoms in total. The third kappa shape index (κ3) is 4.09. The van der Waals surface area contributed by atoms with Crippen LogP contribution in [0.3, 0.4) is 0 Å². The highest BCUT2D eigenvalue weighted by atomic mass is 19.1. The molecule has 196 valence electrons. The predicted octanol–water partition coefficient (Wildman–Crippen LogP) is 2.48. The van der Waals surface area contributed by atoms with E-state index in [4.69, 9.17) is 9.72 Å². The number of β-amino-alcohol motifs (C(OH)–C–C–N with tert-alkyl or cyclic N) is 1. The Morgan fingerprint density at radius 3 is 2.68 bits per heavy atom. The van der Waals surface area contributed by atoms with E-state index in [0.717, 1.165) is 0 Å². The van der Waals surface area contributed by atoms with Crippen molar-refractivity contribution in [2.24, 2.45) is 0 Å². The van der Waals surface area contributed by atoms with Crippen molar-refractivity contribution in [1.82, 2.24) is 14.8 Å². The standard InChI is InChI=1S/C27H31FN4O5/c1-5-20(35)30-9-10-31-16(12-30)14-37-24-15(2)23(21-18(28)7-6-8-19(21)34)29-25(22(24)26(31)36)32-13-17(33)11-27(32,3)4/h5-8,16-17,33-34H,1,9-14H2,2-4H3/t16-,17+/m1/s1. The summed E-state index contributed by atoms with van der Waals surface area (Å²) in [5.41, 5.74) is 0.194. The average Bonchev–Trinajstić information content (AvgIpc) is 3.04. The van der Waals surface area contributed by atoms with Gasteiger partial charge in [-0.1, -0.05) is 12.6 Å². The average molecular weight is 511 g/mol. The molecule has 0 spiro atoms. The van der Waals surface area contributed by atoms with Crippen LogP contribution < -0.4 is 9.64 Å². The van der Waals surface area contributed by atoms with Crippen molar-refractivity contribution < 1.29 is 28.9 Å². The van der Waals surface area contributed by atoms with Crippen LogP contribution in [-0.4, -0.2) is 87.3 Å². The Hall–Kier alpha value is -3.66. The molecule has 0 aliphatic carbocycles. The second-order valence-electron chi connectivity index (χ2n) is 10.5. The van der Waals surface area contributed by atoms with Gasteiger partial charge in [0, 0.05) is 37.3 Å². The fourth-order valence-electron chi connectivity index (χ4n) is 5.70.